The number of rotatable bonds is 4. The maximum Gasteiger partial charge on any atom is 0.305 e. The van der Waals surface area contributed by atoms with Crippen molar-refractivity contribution in [2.45, 2.75) is 12.8 Å². The standard InChI is InChI=1S/C10H12N2O4.ClH/c1-16-10(13)5-3-7-2-4-8(11)6-9(7)12(14)15;/h2,4,6H,3,5,11H2,1H3;1H. The molecule has 0 aromatic heterocycles. The molecule has 0 bridgehead atoms. The van der Waals surface area contributed by atoms with Crippen molar-refractivity contribution in [1.82, 2.24) is 0 Å². The number of aryl methyl sites for hydroxylation is 1. The number of nitrogens with zero attached hydrogens (tertiary/aromatic N) is 1. The average molecular weight is 261 g/mol. The largest absolute Gasteiger partial charge is 0.469 e. The molecule has 1 aromatic carbocycles. The topological polar surface area (TPSA) is 95.5 Å². The smallest absolute Gasteiger partial charge is 0.305 e. The minimum atomic E-state index is -0.511. The molecule has 94 valence electrons. The van der Waals surface area contributed by atoms with Crippen LogP contribution in [0, 0.1) is 10.1 Å². The van der Waals surface area contributed by atoms with E-state index >= 15 is 0 Å². The minimum absolute atomic E-state index is 0. The van der Waals surface area contributed by atoms with E-state index in [1.807, 2.05) is 0 Å². The van der Waals surface area contributed by atoms with Crippen LogP contribution in [0.1, 0.15) is 12.0 Å². The molecule has 0 heterocycles. The Morgan fingerprint density at radius 3 is 2.71 bits per heavy atom. The van der Waals surface area contributed by atoms with Gasteiger partial charge in [-0.05, 0) is 12.5 Å². The van der Waals surface area contributed by atoms with Crippen molar-refractivity contribution in [2.75, 3.05) is 12.8 Å². The van der Waals surface area contributed by atoms with Gasteiger partial charge in [0.2, 0.25) is 0 Å². The Kier molecular flexibility index (Phi) is 5.98. The number of hydrogen-bond acceptors (Lipinski definition) is 5. The summed E-state index contributed by atoms with van der Waals surface area (Å²) >= 11 is 0. The predicted molar refractivity (Wildman–Crippen MR) is 65.1 cm³/mol. The quantitative estimate of drug-likeness (QED) is 0.385. The van der Waals surface area contributed by atoms with Gasteiger partial charge >= 0.3 is 5.97 Å². The van der Waals surface area contributed by atoms with Gasteiger partial charge in [-0.3, -0.25) is 14.9 Å². The zero-order valence-electron chi connectivity index (χ0n) is 9.21. The van der Waals surface area contributed by atoms with Gasteiger partial charge in [0, 0.05) is 23.7 Å². The van der Waals surface area contributed by atoms with Gasteiger partial charge in [-0.1, -0.05) is 6.07 Å². The molecular weight excluding hydrogens is 248 g/mol. The van der Waals surface area contributed by atoms with Crippen molar-refractivity contribution in [1.29, 1.82) is 0 Å². The number of anilines is 1. The number of methoxy groups -OCH3 is 1. The van der Waals surface area contributed by atoms with Gasteiger partial charge in [0.15, 0.2) is 0 Å². The number of nitro groups is 1. The minimum Gasteiger partial charge on any atom is -0.469 e. The van der Waals surface area contributed by atoms with Gasteiger partial charge in [-0.2, -0.15) is 0 Å². The van der Waals surface area contributed by atoms with Crippen LogP contribution in [0.3, 0.4) is 0 Å². The molecule has 6 nitrogen and oxygen atoms in total. The fraction of sp³-hybridized carbons (Fsp3) is 0.300. The first-order valence-corrected chi connectivity index (χ1v) is 4.64. The Bertz CT molecular complexity index is 423. The monoisotopic (exact) mass is 260 g/mol. The lowest BCUT2D eigenvalue weighted by molar-refractivity contribution is -0.385. The van der Waals surface area contributed by atoms with Crippen molar-refractivity contribution in [3.8, 4) is 0 Å². The maximum absolute atomic E-state index is 10.9. The van der Waals surface area contributed by atoms with Crippen LogP contribution in [0.4, 0.5) is 11.4 Å². The van der Waals surface area contributed by atoms with Gasteiger partial charge in [0.25, 0.3) is 5.69 Å². The van der Waals surface area contributed by atoms with Crippen LogP contribution in [-0.2, 0) is 16.0 Å². The van der Waals surface area contributed by atoms with Crippen LogP contribution in [-0.4, -0.2) is 18.0 Å². The molecule has 7 heteroatoms. The van der Waals surface area contributed by atoms with Crippen LogP contribution in [0.2, 0.25) is 0 Å². The molecular formula is C10H13ClN2O4. The number of nitrogen functional groups attached to an aromatic ring is 1. The van der Waals surface area contributed by atoms with Crippen LogP contribution >= 0.6 is 12.4 Å². The first-order valence-electron chi connectivity index (χ1n) is 4.64. The molecule has 1 aromatic rings. The second-order valence-electron chi connectivity index (χ2n) is 3.22. The number of nitrogens with two attached hydrogens (primary N) is 1. The van der Waals surface area contributed by atoms with Crippen molar-refractivity contribution in [3.05, 3.63) is 33.9 Å². The van der Waals surface area contributed by atoms with Gasteiger partial charge in [0.05, 0.1) is 12.0 Å². The molecule has 0 aliphatic rings. The highest BCUT2D eigenvalue weighted by atomic mass is 35.5. The number of carbonyl (C=O) groups excluding carboxylic acids is 1. The molecule has 1 rings (SSSR count). The first-order chi connectivity index (χ1) is 7.54. The summed E-state index contributed by atoms with van der Waals surface area (Å²) in [6, 6.07) is 4.41. The van der Waals surface area contributed by atoms with Crippen LogP contribution < -0.4 is 5.73 Å². The SMILES string of the molecule is COC(=O)CCc1ccc(N)cc1[N+](=O)[O-].Cl. The first kappa shape index (κ1) is 15.2. The summed E-state index contributed by atoms with van der Waals surface area (Å²) in [5.41, 5.74) is 6.19. The Morgan fingerprint density at radius 2 is 2.18 bits per heavy atom. The van der Waals surface area contributed by atoms with E-state index in [1.165, 1.54) is 13.2 Å². The second kappa shape index (κ2) is 6.70. The lowest BCUT2D eigenvalue weighted by Crippen LogP contribution is -2.04. The lowest BCUT2D eigenvalue weighted by atomic mass is 10.1. The number of nitro benzene ring substituents is 1. The molecule has 0 spiro atoms. The van der Waals surface area contributed by atoms with E-state index in [-0.39, 0.29) is 30.9 Å². The van der Waals surface area contributed by atoms with E-state index in [1.54, 1.807) is 12.1 Å². The molecule has 0 aliphatic carbocycles. The zero-order chi connectivity index (χ0) is 12.1. The predicted octanol–water partition coefficient (Wildman–Crippen LogP) is 1.70. The molecule has 0 saturated heterocycles. The number of ether oxygens (including phenoxy) is 1. The van der Waals surface area contributed by atoms with Gasteiger partial charge in [0.1, 0.15) is 0 Å². The van der Waals surface area contributed by atoms with Crippen LogP contribution in [0.5, 0.6) is 0 Å². The molecule has 17 heavy (non-hydrogen) atoms. The lowest BCUT2D eigenvalue weighted by Gasteiger charge is -2.03. The van der Waals surface area contributed by atoms with Crippen molar-refractivity contribution >= 4 is 29.8 Å². The summed E-state index contributed by atoms with van der Waals surface area (Å²) < 4.78 is 4.46. The van der Waals surface area contributed by atoms with Gasteiger partial charge in [-0.15, -0.1) is 12.4 Å². The summed E-state index contributed by atoms with van der Waals surface area (Å²) in [7, 11) is 1.28. The van der Waals surface area contributed by atoms with Crippen molar-refractivity contribution < 1.29 is 14.5 Å². The number of benzene rings is 1. The summed E-state index contributed by atoms with van der Waals surface area (Å²) in [5.74, 6) is -0.397. The molecule has 0 amide bonds. The summed E-state index contributed by atoms with van der Waals surface area (Å²) in [4.78, 5) is 21.1. The molecule has 0 fully saturated rings. The van der Waals surface area contributed by atoms with Gasteiger partial charge < -0.3 is 10.5 Å². The Morgan fingerprint density at radius 1 is 1.53 bits per heavy atom. The van der Waals surface area contributed by atoms with Crippen molar-refractivity contribution in [2.24, 2.45) is 0 Å². The number of carbonyl (C=O) groups is 1. The van der Waals surface area contributed by atoms with E-state index in [2.05, 4.69) is 4.74 Å². The van der Waals surface area contributed by atoms with E-state index < -0.39 is 10.9 Å². The van der Waals surface area contributed by atoms with E-state index in [0.717, 1.165) is 0 Å². The second-order valence-corrected chi connectivity index (χ2v) is 3.22. The number of hydrogen-bond donors (Lipinski definition) is 1. The summed E-state index contributed by atoms with van der Waals surface area (Å²) in [5, 5.41) is 10.7. The molecule has 0 radical (unpaired) electrons. The number of esters is 1. The molecule has 0 aliphatic heterocycles. The van der Waals surface area contributed by atoms with Crippen molar-refractivity contribution in [3.63, 3.8) is 0 Å². The fourth-order valence-corrected chi connectivity index (χ4v) is 1.30. The maximum atomic E-state index is 10.9. The van der Waals surface area contributed by atoms with E-state index in [9.17, 15) is 14.9 Å². The highest BCUT2D eigenvalue weighted by molar-refractivity contribution is 5.85. The summed E-state index contributed by atoms with van der Waals surface area (Å²) in [6.45, 7) is 0. The Labute approximate surface area is 104 Å². The highest BCUT2D eigenvalue weighted by Crippen LogP contribution is 2.22. The third kappa shape index (κ3) is 4.28. The Hall–Kier alpha value is -1.82. The highest BCUT2D eigenvalue weighted by Gasteiger charge is 2.14. The van der Waals surface area contributed by atoms with E-state index in [4.69, 9.17) is 5.73 Å². The van der Waals surface area contributed by atoms with Crippen LogP contribution in [0.15, 0.2) is 18.2 Å². The van der Waals surface area contributed by atoms with Gasteiger partial charge in [-0.25, -0.2) is 0 Å². The molecule has 0 unspecified atom stereocenters. The van der Waals surface area contributed by atoms with Crippen LogP contribution in [0.25, 0.3) is 0 Å². The molecule has 2 N–H and O–H groups in total. The average Bonchev–Trinajstić information content (AvgIpc) is 2.26. The third-order valence-electron chi connectivity index (χ3n) is 2.13. The van der Waals surface area contributed by atoms with E-state index in [0.29, 0.717) is 11.3 Å². The zero-order valence-corrected chi connectivity index (χ0v) is 10.0. The number of halogens is 1. The normalized spacial score (nSPS) is 9.24. The fourth-order valence-electron chi connectivity index (χ4n) is 1.30. The summed E-state index contributed by atoms with van der Waals surface area (Å²) in [6.07, 6.45) is 0.379. The molecule has 0 atom stereocenters. The Balaban J connectivity index is 0.00000256. The third-order valence-corrected chi connectivity index (χ3v) is 2.13. The molecule has 0 saturated carbocycles.